The Hall–Kier alpha value is -1.44. The molecule has 0 aromatic heterocycles. The van der Waals surface area contributed by atoms with Crippen molar-refractivity contribution in [1.29, 1.82) is 0 Å². The number of hydrogen-bond donors (Lipinski definition) is 0. The van der Waals surface area contributed by atoms with E-state index in [-0.39, 0.29) is 0 Å². The van der Waals surface area contributed by atoms with E-state index in [0.717, 1.165) is 35.7 Å². The van der Waals surface area contributed by atoms with Gasteiger partial charge in [-0.15, -0.1) is 0 Å². The zero-order valence-electron chi connectivity index (χ0n) is 12.1. The standard InChI is InChI=1S/C17H22O2/c1-5-7-8-13(6-2)11-19-17-10-14-12(3)15(17)9-16(14)18-4/h9-10,13H,5-8,11H2,1-2,4H3. The molecule has 0 fully saturated rings. The van der Waals surface area contributed by atoms with Crippen LogP contribution in [-0.2, 0) is 9.47 Å². The van der Waals surface area contributed by atoms with Gasteiger partial charge in [-0.2, -0.15) is 0 Å². The molecule has 0 N–H and O–H groups in total. The predicted molar refractivity (Wildman–Crippen MR) is 76.2 cm³/mol. The highest BCUT2D eigenvalue weighted by Gasteiger charge is 2.30. The fourth-order valence-corrected chi connectivity index (χ4v) is 2.49. The van der Waals surface area contributed by atoms with Gasteiger partial charge in [0.1, 0.15) is 11.5 Å². The van der Waals surface area contributed by atoms with Gasteiger partial charge in [-0.3, -0.25) is 0 Å². The van der Waals surface area contributed by atoms with Crippen LogP contribution in [0.4, 0.5) is 0 Å². The molecule has 0 saturated carbocycles. The van der Waals surface area contributed by atoms with Crippen molar-refractivity contribution in [2.75, 3.05) is 13.7 Å². The lowest BCUT2D eigenvalue weighted by Gasteiger charge is -2.16. The quantitative estimate of drug-likeness (QED) is 0.650. The molecule has 2 rings (SSSR count). The Bertz CT molecular complexity index is 452. The van der Waals surface area contributed by atoms with Gasteiger partial charge in [0.05, 0.1) is 13.7 Å². The highest BCUT2D eigenvalue weighted by molar-refractivity contribution is 5.72. The maximum absolute atomic E-state index is 7.99. The first-order valence-corrected chi connectivity index (χ1v) is 7.15. The molecule has 1 atom stereocenters. The van der Waals surface area contributed by atoms with E-state index in [1.165, 1.54) is 19.3 Å². The number of unbranched alkanes of at least 4 members (excludes halogenated alkanes) is 1. The summed E-state index contributed by atoms with van der Waals surface area (Å²) < 4.78 is 11.1. The molecule has 0 aromatic rings. The summed E-state index contributed by atoms with van der Waals surface area (Å²) in [6, 6.07) is 0. The van der Waals surface area contributed by atoms with E-state index < -0.39 is 0 Å². The minimum Gasteiger partial charge on any atom is -0.496 e. The van der Waals surface area contributed by atoms with Gasteiger partial charge in [-0.1, -0.05) is 33.1 Å². The third-order valence-electron chi connectivity index (χ3n) is 3.86. The zero-order chi connectivity index (χ0) is 13.8. The number of fused-ring (bicyclic) bond motifs is 2. The van der Waals surface area contributed by atoms with E-state index in [4.69, 9.17) is 16.1 Å². The second-order valence-corrected chi connectivity index (χ2v) is 5.15. The van der Waals surface area contributed by atoms with Crippen LogP contribution in [-0.4, -0.2) is 13.7 Å². The van der Waals surface area contributed by atoms with Crippen LogP contribution in [0.2, 0.25) is 0 Å². The summed E-state index contributed by atoms with van der Waals surface area (Å²) in [6.45, 7) is 13.2. The van der Waals surface area contributed by atoms with Crippen molar-refractivity contribution < 1.29 is 9.47 Å². The average molecular weight is 258 g/mol. The SMILES string of the molecule is [C]=C1C2=CC(OCC(CC)CCCC)=C1C=C2OC. The highest BCUT2D eigenvalue weighted by Crippen LogP contribution is 2.42. The van der Waals surface area contributed by atoms with E-state index >= 15 is 0 Å². The lowest BCUT2D eigenvalue weighted by molar-refractivity contribution is 0.164. The molecule has 0 spiro atoms. The summed E-state index contributed by atoms with van der Waals surface area (Å²) in [5, 5.41) is 0. The van der Waals surface area contributed by atoms with E-state index in [9.17, 15) is 0 Å². The number of ether oxygens (including phenoxy) is 2. The van der Waals surface area contributed by atoms with Crippen molar-refractivity contribution in [1.82, 2.24) is 0 Å². The summed E-state index contributed by atoms with van der Waals surface area (Å²) in [5.74, 6) is 2.24. The van der Waals surface area contributed by atoms with Crippen molar-refractivity contribution in [2.24, 2.45) is 5.92 Å². The smallest absolute Gasteiger partial charge is 0.128 e. The van der Waals surface area contributed by atoms with Crippen LogP contribution in [0.5, 0.6) is 0 Å². The van der Waals surface area contributed by atoms with E-state index in [2.05, 4.69) is 13.8 Å². The van der Waals surface area contributed by atoms with Gasteiger partial charge in [-0.05, 0) is 24.5 Å². The van der Waals surface area contributed by atoms with Crippen molar-refractivity contribution in [3.63, 3.8) is 0 Å². The lowest BCUT2D eigenvalue weighted by atomic mass is 10.0. The molecule has 2 aliphatic carbocycles. The fraction of sp³-hybridized carbons (Fsp3) is 0.529. The van der Waals surface area contributed by atoms with E-state index in [0.29, 0.717) is 11.5 Å². The van der Waals surface area contributed by atoms with Crippen LogP contribution >= 0.6 is 0 Å². The first-order chi connectivity index (χ1) is 9.21. The largest absolute Gasteiger partial charge is 0.496 e. The van der Waals surface area contributed by atoms with Gasteiger partial charge in [0.2, 0.25) is 0 Å². The molecule has 0 aliphatic heterocycles. The second kappa shape index (κ2) is 6.14. The molecule has 2 heteroatoms. The van der Waals surface area contributed by atoms with Crippen LogP contribution in [0.1, 0.15) is 39.5 Å². The maximum Gasteiger partial charge on any atom is 0.128 e. The first-order valence-electron chi connectivity index (χ1n) is 7.15. The van der Waals surface area contributed by atoms with Gasteiger partial charge < -0.3 is 9.47 Å². The molecular weight excluding hydrogens is 236 g/mol. The molecule has 2 radical (unpaired) electrons. The number of hydrogen-bond acceptors (Lipinski definition) is 2. The van der Waals surface area contributed by atoms with Crippen LogP contribution in [0.15, 0.2) is 40.4 Å². The first kappa shape index (κ1) is 14.0. The third kappa shape index (κ3) is 2.78. The highest BCUT2D eigenvalue weighted by atomic mass is 16.5. The van der Waals surface area contributed by atoms with Crippen LogP contribution in [0, 0.1) is 12.5 Å². The van der Waals surface area contributed by atoms with Crippen LogP contribution < -0.4 is 0 Å². The van der Waals surface area contributed by atoms with E-state index in [1.54, 1.807) is 7.11 Å². The van der Waals surface area contributed by atoms with Gasteiger partial charge in [0.15, 0.2) is 0 Å². The van der Waals surface area contributed by atoms with Gasteiger partial charge in [-0.25, -0.2) is 0 Å². The van der Waals surface area contributed by atoms with Crippen molar-refractivity contribution >= 4 is 0 Å². The van der Waals surface area contributed by atoms with Crippen molar-refractivity contribution in [3.8, 4) is 0 Å². The molecular formula is C17H22O2. The molecule has 102 valence electrons. The Morgan fingerprint density at radius 3 is 2.58 bits per heavy atom. The number of rotatable bonds is 8. The monoisotopic (exact) mass is 258 g/mol. The summed E-state index contributed by atoms with van der Waals surface area (Å²) in [5.41, 5.74) is 2.26. The normalized spacial score (nSPS) is 18.6. The molecule has 2 aliphatic rings. The fourth-order valence-electron chi connectivity index (χ4n) is 2.49. The van der Waals surface area contributed by atoms with Crippen molar-refractivity contribution in [2.45, 2.75) is 39.5 Å². The molecule has 0 amide bonds. The summed E-state index contributed by atoms with van der Waals surface area (Å²) >= 11 is 0. The van der Waals surface area contributed by atoms with Crippen LogP contribution in [0.3, 0.4) is 0 Å². The Morgan fingerprint density at radius 1 is 1.26 bits per heavy atom. The zero-order valence-corrected chi connectivity index (χ0v) is 12.1. The average Bonchev–Trinajstić information content (AvgIpc) is 2.91. The minimum absolute atomic E-state index is 0.536. The van der Waals surface area contributed by atoms with Gasteiger partial charge in [0.25, 0.3) is 0 Å². The Morgan fingerprint density at radius 2 is 2.05 bits per heavy atom. The predicted octanol–water partition coefficient (Wildman–Crippen LogP) is 4.19. The lowest BCUT2D eigenvalue weighted by Crippen LogP contribution is -2.08. The third-order valence-corrected chi connectivity index (χ3v) is 3.86. The second-order valence-electron chi connectivity index (χ2n) is 5.15. The van der Waals surface area contributed by atoms with Gasteiger partial charge in [0, 0.05) is 23.3 Å². The maximum atomic E-state index is 7.99. The number of methoxy groups -OCH3 is 1. The summed E-state index contributed by atoms with van der Waals surface area (Å²) in [6.07, 6.45) is 8.71. The minimum atomic E-state index is 0.536. The molecule has 2 bridgehead atoms. The van der Waals surface area contributed by atoms with Crippen LogP contribution in [0.25, 0.3) is 0 Å². The molecule has 2 nitrogen and oxygen atoms in total. The Kier molecular flexibility index (Phi) is 4.52. The Labute approximate surface area is 116 Å². The molecule has 0 aromatic carbocycles. The van der Waals surface area contributed by atoms with E-state index in [1.807, 2.05) is 12.2 Å². The summed E-state index contributed by atoms with van der Waals surface area (Å²) in [4.78, 5) is 0. The molecule has 0 saturated heterocycles. The Balaban J connectivity index is 1.95. The number of allylic oxidation sites excluding steroid dienone is 4. The van der Waals surface area contributed by atoms with Crippen molar-refractivity contribution in [3.05, 3.63) is 47.0 Å². The van der Waals surface area contributed by atoms with Gasteiger partial charge >= 0.3 is 0 Å². The topological polar surface area (TPSA) is 18.5 Å². The molecule has 1 unspecified atom stereocenters. The summed E-state index contributed by atoms with van der Waals surface area (Å²) in [7, 11) is 1.64. The molecule has 0 heterocycles. The molecule has 19 heavy (non-hydrogen) atoms.